The highest BCUT2D eigenvalue weighted by Crippen LogP contribution is 2.28. The highest BCUT2D eigenvalue weighted by atomic mass is 32.2. The first kappa shape index (κ1) is 19.3. The number of hydrogen-bond donors (Lipinski definition) is 1. The maximum atomic E-state index is 12.6. The lowest BCUT2D eigenvalue weighted by molar-refractivity contribution is 0.100. The Morgan fingerprint density at radius 2 is 2.00 bits per heavy atom. The van der Waals surface area contributed by atoms with Crippen molar-refractivity contribution in [3.05, 3.63) is 47.3 Å². The zero-order valence-electron chi connectivity index (χ0n) is 15.6. The average Bonchev–Trinajstić information content (AvgIpc) is 3.18. The first-order chi connectivity index (χ1) is 12.7. The molecule has 0 radical (unpaired) electrons. The molecule has 0 unspecified atom stereocenters. The topological polar surface area (TPSA) is 98.1 Å². The van der Waals surface area contributed by atoms with Gasteiger partial charge in [0.05, 0.1) is 17.5 Å². The van der Waals surface area contributed by atoms with Crippen LogP contribution in [0.1, 0.15) is 65.7 Å². The van der Waals surface area contributed by atoms with Gasteiger partial charge in [-0.3, -0.25) is 14.3 Å². The number of carbonyl (C=O) groups excluding carboxylic acids is 2. The van der Waals surface area contributed by atoms with Crippen molar-refractivity contribution >= 4 is 27.2 Å². The number of nitrogens with zero attached hydrogens (tertiary/aromatic N) is 2. The molecule has 1 atom stereocenters. The van der Waals surface area contributed by atoms with Crippen LogP contribution in [-0.4, -0.2) is 41.4 Å². The van der Waals surface area contributed by atoms with Crippen molar-refractivity contribution in [2.45, 2.75) is 39.2 Å². The third-order valence-corrected chi connectivity index (χ3v) is 6.42. The van der Waals surface area contributed by atoms with Crippen LogP contribution in [0.2, 0.25) is 0 Å². The average molecular weight is 389 g/mol. The van der Waals surface area contributed by atoms with Crippen molar-refractivity contribution in [2.24, 2.45) is 0 Å². The Balaban J connectivity index is 1.86. The Labute approximate surface area is 158 Å². The number of nitrogens with one attached hydrogen (secondary N) is 1. The van der Waals surface area contributed by atoms with Gasteiger partial charge in [-0.2, -0.15) is 5.10 Å². The lowest BCUT2D eigenvalue weighted by Gasteiger charge is -2.15. The molecule has 2 aromatic rings. The van der Waals surface area contributed by atoms with E-state index < -0.39 is 15.7 Å². The lowest BCUT2D eigenvalue weighted by Crippen LogP contribution is -2.17. The predicted molar refractivity (Wildman–Crippen MR) is 103 cm³/mol. The maximum Gasteiger partial charge on any atom is 0.276 e. The fourth-order valence-corrected chi connectivity index (χ4v) is 4.91. The SMILES string of the molecule is CC(=O)c1cccc(NC(=O)c2cc(C(C)C)n([C@@H]3CCS(=O)(=O)C3)n2)c1. The van der Waals surface area contributed by atoms with E-state index in [-0.39, 0.29) is 34.9 Å². The number of aromatic nitrogens is 2. The van der Waals surface area contributed by atoms with Gasteiger partial charge >= 0.3 is 0 Å². The Hall–Kier alpha value is -2.48. The summed E-state index contributed by atoms with van der Waals surface area (Å²) in [4.78, 5) is 24.1. The molecule has 1 amide bonds. The second-order valence-electron chi connectivity index (χ2n) is 7.20. The molecular formula is C19H23N3O4S. The zero-order chi connectivity index (χ0) is 19.8. The highest BCUT2D eigenvalue weighted by molar-refractivity contribution is 7.91. The normalized spacial score (nSPS) is 18.6. The van der Waals surface area contributed by atoms with Crippen LogP contribution in [0.4, 0.5) is 5.69 Å². The van der Waals surface area contributed by atoms with E-state index >= 15 is 0 Å². The van der Waals surface area contributed by atoms with E-state index in [1.54, 1.807) is 35.0 Å². The second kappa shape index (κ2) is 7.26. The quantitative estimate of drug-likeness (QED) is 0.793. The van der Waals surface area contributed by atoms with Gasteiger partial charge < -0.3 is 5.32 Å². The molecule has 1 N–H and O–H groups in total. The molecule has 1 saturated heterocycles. The third kappa shape index (κ3) is 4.27. The van der Waals surface area contributed by atoms with Gasteiger partial charge in [0.2, 0.25) is 0 Å². The number of amides is 1. The van der Waals surface area contributed by atoms with Gasteiger partial charge in [-0.15, -0.1) is 0 Å². The molecule has 0 spiro atoms. The van der Waals surface area contributed by atoms with Crippen LogP contribution in [0.5, 0.6) is 0 Å². The summed E-state index contributed by atoms with van der Waals surface area (Å²) in [6, 6.07) is 8.17. The van der Waals surface area contributed by atoms with Crippen LogP contribution in [0.3, 0.4) is 0 Å². The van der Waals surface area contributed by atoms with Crippen molar-refractivity contribution < 1.29 is 18.0 Å². The number of benzene rings is 1. The summed E-state index contributed by atoms with van der Waals surface area (Å²) in [5.41, 5.74) is 2.09. The number of Topliss-reactive ketones (excluding diaryl/α,β-unsaturated/α-hetero) is 1. The van der Waals surface area contributed by atoms with Gasteiger partial charge in [0.1, 0.15) is 0 Å². The molecule has 27 heavy (non-hydrogen) atoms. The molecule has 1 aromatic carbocycles. The first-order valence-corrected chi connectivity index (χ1v) is 10.7. The fourth-order valence-electron chi connectivity index (χ4n) is 3.22. The predicted octanol–water partition coefficient (Wildman–Crippen LogP) is 2.82. The van der Waals surface area contributed by atoms with E-state index in [0.717, 1.165) is 5.69 Å². The Morgan fingerprint density at radius 1 is 1.26 bits per heavy atom. The summed E-state index contributed by atoms with van der Waals surface area (Å²) in [6.07, 6.45) is 0.505. The summed E-state index contributed by atoms with van der Waals surface area (Å²) in [7, 11) is -3.05. The minimum absolute atomic E-state index is 0.0517. The van der Waals surface area contributed by atoms with Crippen molar-refractivity contribution in [3.63, 3.8) is 0 Å². The minimum Gasteiger partial charge on any atom is -0.321 e. The van der Waals surface area contributed by atoms with Crippen LogP contribution in [0.25, 0.3) is 0 Å². The molecule has 144 valence electrons. The van der Waals surface area contributed by atoms with E-state index in [0.29, 0.717) is 17.7 Å². The second-order valence-corrected chi connectivity index (χ2v) is 9.43. The maximum absolute atomic E-state index is 12.6. The summed E-state index contributed by atoms with van der Waals surface area (Å²) in [5, 5.41) is 7.16. The molecule has 2 heterocycles. The van der Waals surface area contributed by atoms with Gasteiger partial charge in [-0.05, 0) is 37.5 Å². The number of rotatable bonds is 5. The number of anilines is 1. The number of ketones is 1. The van der Waals surface area contributed by atoms with E-state index in [4.69, 9.17) is 0 Å². The van der Waals surface area contributed by atoms with Crippen LogP contribution >= 0.6 is 0 Å². The van der Waals surface area contributed by atoms with Crippen molar-refractivity contribution in [3.8, 4) is 0 Å². The Kier molecular flexibility index (Phi) is 5.19. The minimum atomic E-state index is -3.05. The van der Waals surface area contributed by atoms with Gasteiger partial charge in [0.15, 0.2) is 21.3 Å². The molecule has 0 saturated carbocycles. The summed E-state index contributed by atoms with van der Waals surface area (Å²) < 4.78 is 25.3. The Bertz CT molecular complexity index is 992. The molecule has 1 fully saturated rings. The molecule has 7 nitrogen and oxygen atoms in total. The summed E-state index contributed by atoms with van der Waals surface area (Å²) in [6.45, 7) is 5.43. The molecule has 8 heteroatoms. The number of sulfone groups is 1. The smallest absolute Gasteiger partial charge is 0.276 e. The molecule has 1 aliphatic heterocycles. The van der Waals surface area contributed by atoms with Crippen LogP contribution in [0, 0.1) is 0 Å². The molecular weight excluding hydrogens is 366 g/mol. The van der Waals surface area contributed by atoms with E-state index in [2.05, 4.69) is 10.4 Å². The van der Waals surface area contributed by atoms with E-state index in [1.807, 2.05) is 13.8 Å². The lowest BCUT2D eigenvalue weighted by atomic mass is 10.1. The van der Waals surface area contributed by atoms with Gasteiger partial charge in [-0.1, -0.05) is 26.0 Å². The third-order valence-electron chi connectivity index (χ3n) is 4.67. The van der Waals surface area contributed by atoms with Crippen molar-refractivity contribution in [1.82, 2.24) is 9.78 Å². The molecule has 1 aromatic heterocycles. The van der Waals surface area contributed by atoms with Crippen LogP contribution < -0.4 is 5.32 Å². The van der Waals surface area contributed by atoms with E-state index in [1.165, 1.54) is 6.92 Å². The zero-order valence-corrected chi connectivity index (χ0v) is 16.4. The molecule has 0 aliphatic carbocycles. The van der Waals surface area contributed by atoms with Crippen LogP contribution in [-0.2, 0) is 9.84 Å². The molecule has 1 aliphatic rings. The summed E-state index contributed by atoms with van der Waals surface area (Å²) >= 11 is 0. The highest BCUT2D eigenvalue weighted by Gasteiger charge is 2.32. The van der Waals surface area contributed by atoms with Crippen LogP contribution in [0.15, 0.2) is 30.3 Å². The van der Waals surface area contributed by atoms with Gasteiger partial charge in [-0.25, -0.2) is 8.42 Å². The first-order valence-electron chi connectivity index (χ1n) is 8.88. The van der Waals surface area contributed by atoms with Gasteiger partial charge in [0, 0.05) is 16.9 Å². The largest absolute Gasteiger partial charge is 0.321 e. The summed E-state index contributed by atoms with van der Waals surface area (Å²) in [5.74, 6) is -0.176. The van der Waals surface area contributed by atoms with Crippen molar-refractivity contribution in [1.29, 1.82) is 0 Å². The standard InChI is InChI=1S/C19H23N3O4S/c1-12(2)18-10-17(21-22(18)16-7-8-27(25,26)11-16)19(24)20-15-6-4-5-14(9-15)13(3)23/h4-6,9-10,12,16H,7-8,11H2,1-3H3,(H,20,24)/t16-/m1/s1. The van der Waals surface area contributed by atoms with Crippen molar-refractivity contribution in [2.75, 3.05) is 16.8 Å². The monoisotopic (exact) mass is 389 g/mol. The molecule has 3 rings (SSSR count). The Morgan fingerprint density at radius 3 is 2.59 bits per heavy atom. The number of carbonyl (C=O) groups is 2. The molecule has 0 bridgehead atoms. The number of hydrogen-bond acceptors (Lipinski definition) is 5. The van der Waals surface area contributed by atoms with E-state index in [9.17, 15) is 18.0 Å². The fraction of sp³-hybridized carbons (Fsp3) is 0.421. The van der Waals surface area contributed by atoms with Gasteiger partial charge in [0.25, 0.3) is 5.91 Å².